The number of fused-ring (bicyclic) bond motifs is 1. The van der Waals surface area contributed by atoms with E-state index in [0.717, 1.165) is 10.5 Å². The zero-order valence-electron chi connectivity index (χ0n) is 14.5. The molecule has 4 rings (SSSR count). The van der Waals surface area contributed by atoms with Gasteiger partial charge in [-0.05, 0) is 24.1 Å². The number of imide groups is 1. The summed E-state index contributed by atoms with van der Waals surface area (Å²) in [4.78, 5) is 26.7. The Kier molecular flexibility index (Phi) is 4.45. The van der Waals surface area contributed by atoms with Gasteiger partial charge in [0.1, 0.15) is 6.04 Å². The summed E-state index contributed by atoms with van der Waals surface area (Å²) in [7, 11) is -3.82. The lowest BCUT2D eigenvalue weighted by Crippen LogP contribution is -2.64. The van der Waals surface area contributed by atoms with Gasteiger partial charge >= 0.3 is 6.03 Å². The van der Waals surface area contributed by atoms with Crippen LogP contribution in [0.1, 0.15) is 12.0 Å². The fourth-order valence-corrected chi connectivity index (χ4v) is 5.27. The maximum Gasteiger partial charge on any atom is 0.324 e. The average molecular weight is 385 g/mol. The minimum atomic E-state index is -3.82. The van der Waals surface area contributed by atoms with Crippen molar-refractivity contribution in [2.45, 2.75) is 29.9 Å². The number of benzene rings is 2. The molecule has 7 nitrogen and oxygen atoms in total. The first-order valence-corrected chi connectivity index (χ1v) is 10.2. The van der Waals surface area contributed by atoms with Crippen LogP contribution in [0.2, 0.25) is 0 Å². The van der Waals surface area contributed by atoms with E-state index in [1.807, 2.05) is 30.3 Å². The van der Waals surface area contributed by atoms with Crippen LogP contribution in [0.3, 0.4) is 0 Å². The molecule has 0 spiro atoms. The normalized spacial score (nSPS) is 23.2. The van der Waals surface area contributed by atoms with E-state index in [9.17, 15) is 18.0 Å². The van der Waals surface area contributed by atoms with Gasteiger partial charge in [0.2, 0.25) is 10.0 Å². The third-order valence-corrected chi connectivity index (χ3v) is 6.85. The second-order valence-corrected chi connectivity index (χ2v) is 8.52. The molecule has 2 aromatic rings. The number of nitrogens with one attached hydrogen (secondary N) is 1. The fraction of sp³-hybridized carbons (Fsp3) is 0.263. The number of urea groups is 1. The Morgan fingerprint density at radius 1 is 0.963 bits per heavy atom. The third kappa shape index (κ3) is 3.11. The minimum Gasteiger partial charge on any atom is -0.333 e. The molecule has 140 valence electrons. The molecule has 0 radical (unpaired) electrons. The molecule has 3 amide bonds. The molecule has 8 heteroatoms. The molecule has 2 fully saturated rings. The molecule has 0 aliphatic carbocycles. The maximum atomic E-state index is 13.1. The molecule has 0 bridgehead atoms. The average Bonchev–Trinajstić information content (AvgIpc) is 3.11. The summed E-state index contributed by atoms with van der Waals surface area (Å²) in [6.45, 7) is 0.297. The maximum absolute atomic E-state index is 13.1. The van der Waals surface area contributed by atoms with Crippen molar-refractivity contribution in [3.8, 4) is 0 Å². The number of carbonyl (C=O) groups is 2. The first kappa shape index (κ1) is 17.7. The summed E-state index contributed by atoms with van der Waals surface area (Å²) in [5.41, 5.74) is 0.801. The van der Waals surface area contributed by atoms with E-state index in [1.54, 1.807) is 18.2 Å². The predicted octanol–water partition coefficient (Wildman–Crippen LogP) is 1.57. The Morgan fingerprint density at radius 3 is 2.26 bits per heavy atom. The van der Waals surface area contributed by atoms with Gasteiger partial charge in [-0.2, -0.15) is 4.31 Å². The first-order valence-electron chi connectivity index (χ1n) is 8.71. The molecule has 2 heterocycles. The molecule has 2 aliphatic rings. The van der Waals surface area contributed by atoms with E-state index in [4.69, 9.17) is 0 Å². The Hall–Kier alpha value is -2.71. The van der Waals surface area contributed by atoms with Crippen molar-refractivity contribution in [1.29, 1.82) is 0 Å². The van der Waals surface area contributed by atoms with Gasteiger partial charge in [-0.3, -0.25) is 9.69 Å². The summed E-state index contributed by atoms with van der Waals surface area (Å²) >= 11 is 0. The number of hydrogen-bond donors (Lipinski definition) is 1. The number of hydrogen-bond acceptors (Lipinski definition) is 4. The van der Waals surface area contributed by atoms with Crippen LogP contribution in [0.25, 0.3) is 0 Å². The molecule has 27 heavy (non-hydrogen) atoms. The number of rotatable bonds is 4. The molecule has 2 aromatic carbocycles. The smallest absolute Gasteiger partial charge is 0.324 e. The molecular weight excluding hydrogens is 366 g/mol. The Balaban J connectivity index is 1.64. The van der Waals surface area contributed by atoms with E-state index in [-0.39, 0.29) is 18.0 Å². The van der Waals surface area contributed by atoms with Gasteiger partial charge in [-0.15, -0.1) is 0 Å². The van der Waals surface area contributed by atoms with Crippen molar-refractivity contribution >= 4 is 22.0 Å². The molecule has 2 atom stereocenters. The monoisotopic (exact) mass is 385 g/mol. The molecule has 1 N–H and O–H groups in total. The van der Waals surface area contributed by atoms with Gasteiger partial charge in [0.05, 0.1) is 17.5 Å². The standard InChI is InChI=1S/C19H19N3O4S/c23-18-17-16(20-19(24)21(18)13-14-7-3-1-4-8-14)11-12-22(17)27(25,26)15-9-5-2-6-10-15/h1-10,16-17H,11-13H2,(H,20,24). The second kappa shape index (κ2) is 6.79. The first-order chi connectivity index (χ1) is 13.0. The van der Waals surface area contributed by atoms with Crippen LogP contribution in [0, 0.1) is 0 Å². The summed E-state index contributed by atoms with van der Waals surface area (Å²) in [6, 6.07) is 15.3. The summed E-state index contributed by atoms with van der Waals surface area (Å²) < 4.78 is 27.3. The van der Waals surface area contributed by atoms with Gasteiger partial charge < -0.3 is 5.32 Å². The Labute approximate surface area is 157 Å². The van der Waals surface area contributed by atoms with Gasteiger partial charge in [0.15, 0.2) is 0 Å². The molecular formula is C19H19N3O4S. The number of carbonyl (C=O) groups excluding carboxylic acids is 2. The van der Waals surface area contributed by atoms with Crippen LogP contribution in [-0.2, 0) is 21.4 Å². The van der Waals surface area contributed by atoms with Crippen LogP contribution in [-0.4, -0.2) is 48.2 Å². The van der Waals surface area contributed by atoms with Crippen molar-refractivity contribution in [2.24, 2.45) is 0 Å². The minimum absolute atomic E-state index is 0.105. The molecule has 2 aliphatic heterocycles. The van der Waals surface area contributed by atoms with Crippen molar-refractivity contribution in [3.05, 3.63) is 66.2 Å². The molecule has 2 unspecified atom stereocenters. The largest absolute Gasteiger partial charge is 0.333 e. The highest BCUT2D eigenvalue weighted by molar-refractivity contribution is 7.89. The number of amides is 3. The SMILES string of the molecule is O=C1NC2CCN(S(=O)(=O)c3ccccc3)C2C(=O)N1Cc1ccccc1. The van der Waals surface area contributed by atoms with Gasteiger partial charge in [0, 0.05) is 6.54 Å². The van der Waals surface area contributed by atoms with Gasteiger partial charge in [-0.25, -0.2) is 13.2 Å². The van der Waals surface area contributed by atoms with Gasteiger partial charge in [0.25, 0.3) is 5.91 Å². The van der Waals surface area contributed by atoms with E-state index < -0.39 is 34.0 Å². The van der Waals surface area contributed by atoms with Crippen LogP contribution in [0.5, 0.6) is 0 Å². The zero-order chi connectivity index (χ0) is 19.0. The van der Waals surface area contributed by atoms with Crippen LogP contribution in [0.15, 0.2) is 65.6 Å². The summed E-state index contributed by atoms with van der Waals surface area (Å²) in [5.74, 6) is -0.482. The Morgan fingerprint density at radius 2 is 1.59 bits per heavy atom. The predicted molar refractivity (Wildman–Crippen MR) is 98.1 cm³/mol. The van der Waals surface area contributed by atoms with E-state index in [1.165, 1.54) is 16.4 Å². The lowest BCUT2D eigenvalue weighted by atomic mass is 10.1. The number of nitrogens with zero attached hydrogens (tertiary/aromatic N) is 2. The van der Waals surface area contributed by atoms with Crippen molar-refractivity contribution < 1.29 is 18.0 Å². The topological polar surface area (TPSA) is 86.8 Å². The van der Waals surface area contributed by atoms with E-state index in [2.05, 4.69) is 5.32 Å². The van der Waals surface area contributed by atoms with Gasteiger partial charge in [-0.1, -0.05) is 48.5 Å². The quantitative estimate of drug-likeness (QED) is 0.866. The molecule has 0 aromatic heterocycles. The summed E-state index contributed by atoms with van der Waals surface area (Å²) in [6.07, 6.45) is 0.410. The van der Waals surface area contributed by atoms with Crippen molar-refractivity contribution in [1.82, 2.24) is 14.5 Å². The molecule has 2 saturated heterocycles. The lowest BCUT2D eigenvalue weighted by Gasteiger charge is -2.36. The lowest BCUT2D eigenvalue weighted by molar-refractivity contribution is -0.134. The van der Waals surface area contributed by atoms with Crippen LogP contribution in [0.4, 0.5) is 4.79 Å². The third-order valence-electron chi connectivity index (χ3n) is 4.96. The van der Waals surface area contributed by atoms with Crippen LogP contribution < -0.4 is 5.32 Å². The second-order valence-electron chi connectivity index (χ2n) is 6.63. The highest BCUT2D eigenvalue weighted by Crippen LogP contribution is 2.30. The molecule has 0 saturated carbocycles. The van der Waals surface area contributed by atoms with Crippen molar-refractivity contribution in [3.63, 3.8) is 0 Å². The highest BCUT2D eigenvalue weighted by atomic mass is 32.2. The fourth-order valence-electron chi connectivity index (χ4n) is 3.62. The summed E-state index contributed by atoms with van der Waals surface area (Å²) in [5, 5.41) is 2.79. The van der Waals surface area contributed by atoms with E-state index in [0.29, 0.717) is 6.42 Å². The van der Waals surface area contributed by atoms with E-state index >= 15 is 0 Å². The highest BCUT2D eigenvalue weighted by Gasteiger charge is 2.51. The van der Waals surface area contributed by atoms with Crippen molar-refractivity contribution in [2.75, 3.05) is 6.54 Å². The number of sulfonamides is 1. The van der Waals surface area contributed by atoms with Crippen LogP contribution >= 0.6 is 0 Å². The Bertz CT molecular complexity index is 963. The zero-order valence-corrected chi connectivity index (χ0v) is 15.3.